The second-order valence-corrected chi connectivity index (χ2v) is 7.67. The van der Waals surface area contributed by atoms with Crippen LogP contribution in [0.5, 0.6) is 0 Å². The molecule has 1 aliphatic rings. The van der Waals surface area contributed by atoms with Crippen molar-refractivity contribution in [3.05, 3.63) is 35.5 Å². The average molecular weight is 391 g/mol. The SMILES string of the molecule is CC(C)(C)OC(=O)NN1CCN(c2nncc(-c3ccc(Cl)cc3)n2)CC1. The Balaban J connectivity index is 1.59. The molecule has 2 heterocycles. The molecule has 2 aromatic rings. The Morgan fingerprint density at radius 3 is 2.44 bits per heavy atom. The fourth-order valence-corrected chi connectivity index (χ4v) is 2.76. The Labute approximate surface area is 163 Å². The van der Waals surface area contributed by atoms with Crippen LogP contribution in [0.15, 0.2) is 30.5 Å². The van der Waals surface area contributed by atoms with E-state index >= 15 is 0 Å². The van der Waals surface area contributed by atoms with Gasteiger partial charge >= 0.3 is 6.09 Å². The number of nitrogens with one attached hydrogen (secondary N) is 1. The van der Waals surface area contributed by atoms with E-state index in [2.05, 4.69) is 20.6 Å². The zero-order valence-electron chi connectivity index (χ0n) is 15.6. The van der Waals surface area contributed by atoms with Crippen LogP contribution < -0.4 is 10.3 Å². The highest BCUT2D eigenvalue weighted by Gasteiger charge is 2.23. The number of hydrogen-bond acceptors (Lipinski definition) is 7. The van der Waals surface area contributed by atoms with Crippen molar-refractivity contribution in [2.24, 2.45) is 0 Å². The quantitative estimate of drug-likeness (QED) is 0.862. The minimum atomic E-state index is -0.520. The van der Waals surface area contributed by atoms with Crippen LogP contribution in [0.25, 0.3) is 11.3 Å². The third kappa shape index (κ3) is 5.51. The van der Waals surface area contributed by atoms with E-state index in [0.717, 1.165) is 11.3 Å². The molecule has 0 unspecified atom stereocenters. The number of halogens is 1. The van der Waals surface area contributed by atoms with E-state index in [4.69, 9.17) is 16.3 Å². The van der Waals surface area contributed by atoms with E-state index in [1.807, 2.05) is 54.9 Å². The lowest BCUT2D eigenvalue weighted by Gasteiger charge is -2.34. The number of rotatable bonds is 3. The molecule has 1 aromatic carbocycles. The van der Waals surface area contributed by atoms with Crippen LogP contribution in [0, 0.1) is 0 Å². The summed E-state index contributed by atoms with van der Waals surface area (Å²) in [6, 6.07) is 7.44. The summed E-state index contributed by atoms with van der Waals surface area (Å²) in [6.07, 6.45) is 1.19. The van der Waals surface area contributed by atoms with Crippen LogP contribution in [0.2, 0.25) is 5.02 Å². The van der Waals surface area contributed by atoms with Crippen molar-refractivity contribution < 1.29 is 9.53 Å². The predicted octanol–water partition coefficient (Wildman–Crippen LogP) is 2.75. The fourth-order valence-electron chi connectivity index (χ4n) is 2.64. The maximum atomic E-state index is 11.9. The molecule has 3 rings (SSSR count). The van der Waals surface area contributed by atoms with Gasteiger partial charge in [-0.1, -0.05) is 23.7 Å². The number of nitrogens with zero attached hydrogens (tertiary/aromatic N) is 5. The molecule has 0 atom stereocenters. The zero-order valence-corrected chi connectivity index (χ0v) is 16.4. The number of anilines is 1. The van der Waals surface area contributed by atoms with Gasteiger partial charge in [0.15, 0.2) is 0 Å². The van der Waals surface area contributed by atoms with Gasteiger partial charge in [-0.25, -0.2) is 14.8 Å². The third-order valence-corrected chi connectivity index (χ3v) is 4.15. The molecule has 0 spiro atoms. The van der Waals surface area contributed by atoms with Gasteiger partial charge in [-0.3, -0.25) is 5.43 Å². The molecule has 0 bridgehead atoms. The van der Waals surface area contributed by atoms with Crippen LogP contribution >= 0.6 is 11.6 Å². The van der Waals surface area contributed by atoms with Gasteiger partial charge in [0.25, 0.3) is 0 Å². The molecular formula is C18H23ClN6O2. The monoisotopic (exact) mass is 390 g/mol. The van der Waals surface area contributed by atoms with Crippen LogP contribution in [0.1, 0.15) is 20.8 Å². The first kappa shape index (κ1) is 19.3. The Morgan fingerprint density at radius 1 is 1.15 bits per heavy atom. The maximum Gasteiger partial charge on any atom is 0.422 e. The van der Waals surface area contributed by atoms with Gasteiger partial charge < -0.3 is 9.64 Å². The minimum absolute atomic E-state index is 0.446. The topological polar surface area (TPSA) is 83.5 Å². The number of amides is 1. The van der Waals surface area contributed by atoms with Crippen molar-refractivity contribution in [1.82, 2.24) is 25.6 Å². The molecule has 0 radical (unpaired) electrons. The Hall–Kier alpha value is -2.45. The second kappa shape index (κ2) is 8.06. The van der Waals surface area contributed by atoms with Gasteiger partial charge in [0.2, 0.25) is 5.95 Å². The highest BCUT2D eigenvalue weighted by molar-refractivity contribution is 6.30. The first-order valence-corrected chi connectivity index (χ1v) is 9.13. The van der Waals surface area contributed by atoms with Crippen molar-refractivity contribution >= 4 is 23.6 Å². The lowest BCUT2D eigenvalue weighted by molar-refractivity contribution is 0.0320. The number of carbonyl (C=O) groups is 1. The highest BCUT2D eigenvalue weighted by atomic mass is 35.5. The first-order valence-electron chi connectivity index (χ1n) is 8.75. The summed E-state index contributed by atoms with van der Waals surface area (Å²) >= 11 is 5.94. The number of benzene rings is 1. The van der Waals surface area contributed by atoms with Crippen molar-refractivity contribution in [2.75, 3.05) is 31.1 Å². The molecule has 9 heteroatoms. The van der Waals surface area contributed by atoms with E-state index in [1.165, 1.54) is 0 Å². The maximum absolute atomic E-state index is 11.9. The van der Waals surface area contributed by atoms with Crippen LogP contribution in [-0.2, 0) is 4.74 Å². The normalized spacial score (nSPS) is 15.5. The predicted molar refractivity (Wildman–Crippen MR) is 103 cm³/mol. The standard InChI is InChI=1S/C18H23ClN6O2/c1-18(2,3)27-17(26)23-25-10-8-24(9-11-25)16-21-15(12-20-22-16)13-4-6-14(19)7-5-13/h4-7,12H,8-11H2,1-3H3,(H,23,26). The molecule has 0 aliphatic carbocycles. The zero-order chi connectivity index (χ0) is 19.4. The Bertz CT molecular complexity index is 785. The van der Waals surface area contributed by atoms with Crippen molar-refractivity contribution in [3.8, 4) is 11.3 Å². The van der Waals surface area contributed by atoms with Gasteiger partial charge in [0.1, 0.15) is 5.60 Å². The first-order chi connectivity index (χ1) is 12.8. The molecule has 1 aromatic heterocycles. The lowest BCUT2D eigenvalue weighted by Crippen LogP contribution is -2.54. The molecular weight excluding hydrogens is 368 g/mol. The molecule has 1 saturated heterocycles. The fraction of sp³-hybridized carbons (Fsp3) is 0.444. The molecule has 0 saturated carbocycles. The minimum Gasteiger partial charge on any atom is -0.443 e. The summed E-state index contributed by atoms with van der Waals surface area (Å²) in [6.45, 7) is 8.11. The van der Waals surface area contributed by atoms with Crippen LogP contribution in [0.4, 0.5) is 10.7 Å². The summed E-state index contributed by atoms with van der Waals surface area (Å²) in [5.74, 6) is 0.569. The van der Waals surface area contributed by atoms with Crippen molar-refractivity contribution in [2.45, 2.75) is 26.4 Å². The van der Waals surface area contributed by atoms with Crippen molar-refractivity contribution in [3.63, 3.8) is 0 Å². The van der Waals surface area contributed by atoms with Crippen LogP contribution in [-0.4, -0.2) is 58.1 Å². The highest BCUT2D eigenvalue weighted by Crippen LogP contribution is 2.20. The molecule has 1 aliphatic heterocycles. The number of piperazine rings is 1. The summed E-state index contributed by atoms with van der Waals surface area (Å²) in [4.78, 5) is 18.5. The second-order valence-electron chi connectivity index (χ2n) is 7.24. The molecule has 1 amide bonds. The van der Waals surface area contributed by atoms with Gasteiger partial charge in [-0.2, -0.15) is 5.10 Å². The summed E-state index contributed by atoms with van der Waals surface area (Å²) in [7, 11) is 0. The van der Waals surface area contributed by atoms with E-state index < -0.39 is 11.7 Å². The Kier molecular flexibility index (Phi) is 5.76. The number of hydrogen-bond donors (Lipinski definition) is 1. The lowest BCUT2D eigenvalue weighted by atomic mass is 10.2. The summed E-state index contributed by atoms with van der Waals surface area (Å²) in [5.41, 5.74) is 3.92. The van der Waals surface area contributed by atoms with E-state index in [1.54, 1.807) is 6.20 Å². The number of ether oxygens (including phenoxy) is 1. The molecule has 1 fully saturated rings. The largest absolute Gasteiger partial charge is 0.443 e. The van der Waals surface area contributed by atoms with E-state index in [9.17, 15) is 4.79 Å². The smallest absolute Gasteiger partial charge is 0.422 e. The van der Waals surface area contributed by atoms with Gasteiger partial charge in [-0.05, 0) is 32.9 Å². The van der Waals surface area contributed by atoms with Gasteiger partial charge in [0.05, 0.1) is 11.9 Å². The Morgan fingerprint density at radius 2 is 1.81 bits per heavy atom. The summed E-state index contributed by atoms with van der Waals surface area (Å²) in [5, 5.41) is 10.7. The van der Waals surface area contributed by atoms with E-state index in [-0.39, 0.29) is 0 Å². The molecule has 8 nitrogen and oxygen atoms in total. The van der Waals surface area contributed by atoms with Crippen molar-refractivity contribution in [1.29, 1.82) is 0 Å². The number of aromatic nitrogens is 3. The average Bonchev–Trinajstić information content (AvgIpc) is 2.61. The number of carbonyl (C=O) groups excluding carboxylic acids is 1. The van der Waals surface area contributed by atoms with Gasteiger partial charge in [0, 0.05) is 36.8 Å². The molecule has 1 N–H and O–H groups in total. The van der Waals surface area contributed by atoms with Gasteiger partial charge in [-0.15, -0.1) is 5.10 Å². The van der Waals surface area contributed by atoms with E-state index in [0.29, 0.717) is 37.1 Å². The summed E-state index contributed by atoms with van der Waals surface area (Å²) < 4.78 is 5.28. The molecule has 144 valence electrons. The third-order valence-electron chi connectivity index (χ3n) is 3.90. The van der Waals surface area contributed by atoms with Crippen LogP contribution in [0.3, 0.4) is 0 Å². The number of hydrazine groups is 1. The molecule has 27 heavy (non-hydrogen) atoms.